The molecule has 0 unspecified atom stereocenters. The molecular formula is C25H27ClN2O3S. The van der Waals surface area contributed by atoms with Gasteiger partial charge in [-0.2, -0.15) is 0 Å². The smallest absolute Gasteiger partial charge is 0.264 e. The largest absolute Gasteiger partial charge is 0.348 e. The van der Waals surface area contributed by atoms with Gasteiger partial charge in [-0.3, -0.25) is 9.10 Å². The zero-order valence-corrected chi connectivity index (χ0v) is 20.0. The first-order valence-corrected chi connectivity index (χ1v) is 12.2. The molecule has 1 N–H and O–H groups in total. The van der Waals surface area contributed by atoms with Gasteiger partial charge in [-0.25, -0.2) is 8.42 Å². The van der Waals surface area contributed by atoms with Crippen LogP contribution in [0.1, 0.15) is 36.1 Å². The van der Waals surface area contributed by atoms with Crippen LogP contribution in [0.5, 0.6) is 0 Å². The standard InChI is InChI=1S/C25H27ClN2O3S/c1-4-23(20-15-13-18(2)14-16-20)27-25(29)17-28(24-12-8-11-22(26)19(24)3)32(30,31)21-9-6-5-7-10-21/h5-16,23H,4,17H2,1-3H3,(H,27,29)/t23-/m1/s1. The fourth-order valence-electron chi connectivity index (χ4n) is 3.48. The Morgan fingerprint density at radius 2 is 1.62 bits per heavy atom. The molecule has 168 valence electrons. The van der Waals surface area contributed by atoms with Crippen molar-refractivity contribution in [3.05, 3.63) is 94.5 Å². The zero-order chi connectivity index (χ0) is 23.3. The number of halogens is 1. The molecule has 0 spiro atoms. The summed E-state index contributed by atoms with van der Waals surface area (Å²) in [6.07, 6.45) is 0.677. The Morgan fingerprint density at radius 1 is 0.969 bits per heavy atom. The van der Waals surface area contributed by atoms with E-state index in [1.807, 2.05) is 38.1 Å². The number of nitrogens with one attached hydrogen (secondary N) is 1. The van der Waals surface area contributed by atoms with Gasteiger partial charge in [0.1, 0.15) is 6.54 Å². The highest BCUT2D eigenvalue weighted by atomic mass is 35.5. The van der Waals surface area contributed by atoms with E-state index in [1.165, 1.54) is 12.1 Å². The number of carbonyl (C=O) groups excluding carboxylic acids is 1. The molecule has 0 heterocycles. The van der Waals surface area contributed by atoms with E-state index in [2.05, 4.69) is 5.32 Å². The maximum absolute atomic E-state index is 13.5. The Labute approximate surface area is 195 Å². The highest BCUT2D eigenvalue weighted by Gasteiger charge is 2.29. The Bertz CT molecular complexity index is 1180. The summed E-state index contributed by atoms with van der Waals surface area (Å²) >= 11 is 6.27. The number of hydrogen-bond donors (Lipinski definition) is 1. The van der Waals surface area contributed by atoms with Crippen molar-refractivity contribution in [2.45, 2.75) is 38.1 Å². The molecule has 5 nitrogen and oxygen atoms in total. The lowest BCUT2D eigenvalue weighted by atomic mass is 10.0. The van der Waals surface area contributed by atoms with E-state index in [0.29, 0.717) is 22.7 Å². The summed E-state index contributed by atoms with van der Waals surface area (Å²) in [6, 6.07) is 20.8. The van der Waals surface area contributed by atoms with Gasteiger partial charge >= 0.3 is 0 Å². The van der Waals surface area contributed by atoms with Crippen LogP contribution in [0.25, 0.3) is 0 Å². The van der Waals surface area contributed by atoms with Crippen molar-refractivity contribution < 1.29 is 13.2 Å². The lowest BCUT2D eigenvalue weighted by molar-refractivity contribution is -0.120. The van der Waals surface area contributed by atoms with Gasteiger partial charge in [-0.15, -0.1) is 0 Å². The van der Waals surface area contributed by atoms with Crippen LogP contribution in [0.3, 0.4) is 0 Å². The fourth-order valence-corrected chi connectivity index (χ4v) is 5.14. The van der Waals surface area contributed by atoms with Crippen LogP contribution in [0.2, 0.25) is 5.02 Å². The maximum Gasteiger partial charge on any atom is 0.264 e. The van der Waals surface area contributed by atoms with Gasteiger partial charge in [0.05, 0.1) is 16.6 Å². The van der Waals surface area contributed by atoms with Gasteiger partial charge in [-0.1, -0.05) is 72.6 Å². The molecule has 0 saturated carbocycles. The normalized spacial score (nSPS) is 12.2. The van der Waals surface area contributed by atoms with Crippen LogP contribution in [0.4, 0.5) is 5.69 Å². The lowest BCUT2D eigenvalue weighted by Crippen LogP contribution is -2.42. The molecule has 0 aliphatic heterocycles. The average molecular weight is 471 g/mol. The molecule has 1 amide bonds. The highest BCUT2D eigenvalue weighted by molar-refractivity contribution is 7.92. The van der Waals surface area contributed by atoms with Crippen molar-refractivity contribution in [1.82, 2.24) is 5.32 Å². The molecular weight excluding hydrogens is 444 g/mol. The minimum Gasteiger partial charge on any atom is -0.348 e. The second kappa shape index (κ2) is 10.2. The number of rotatable bonds is 8. The van der Waals surface area contributed by atoms with Gasteiger partial charge in [0.25, 0.3) is 10.0 Å². The van der Waals surface area contributed by atoms with Crippen molar-refractivity contribution in [2.24, 2.45) is 0 Å². The molecule has 7 heteroatoms. The minimum absolute atomic E-state index is 0.109. The molecule has 0 fully saturated rings. The van der Waals surface area contributed by atoms with Crippen LogP contribution in [0.15, 0.2) is 77.7 Å². The van der Waals surface area contributed by atoms with Crippen molar-refractivity contribution in [3.8, 4) is 0 Å². The Morgan fingerprint density at radius 3 is 2.25 bits per heavy atom. The number of sulfonamides is 1. The second-order valence-corrected chi connectivity index (χ2v) is 9.92. The maximum atomic E-state index is 13.5. The van der Waals surface area contributed by atoms with Crippen LogP contribution < -0.4 is 9.62 Å². The van der Waals surface area contributed by atoms with E-state index >= 15 is 0 Å². The first-order valence-electron chi connectivity index (χ1n) is 10.4. The summed E-state index contributed by atoms with van der Waals surface area (Å²) < 4.78 is 28.1. The number of anilines is 1. The van der Waals surface area contributed by atoms with E-state index < -0.39 is 15.9 Å². The summed E-state index contributed by atoms with van der Waals surface area (Å²) in [5, 5.41) is 3.41. The van der Waals surface area contributed by atoms with Crippen molar-refractivity contribution in [3.63, 3.8) is 0 Å². The first-order chi connectivity index (χ1) is 15.2. The zero-order valence-electron chi connectivity index (χ0n) is 18.4. The molecule has 32 heavy (non-hydrogen) atoms. The third-order valence-corrected chi connectivity index (χ3v) is 7.53. The molecule has 0 bridgehead atoms. The fraction of sp³-hybridized carbons (Fsp3) is 0.240. The van der Waals surface area contributed by atoms with Gasteiger partial charge in [-0.05, 0) is 55.7 Å². The predicted octanol–water partition coefficient (Wildman–Crippen LogP) is 5.42. The van der Waals surface area contributed by atoms with E-state index in [9.17, 15) is 13.2 Å². The molecule has 0 aromatic heterocycles. The molecule has 0 saturated heterocycles. The summed E-state index contributed by atoms with van der Waals surface area (Å²) in [6.45, 7) is 5.36. The second-order valence-electron chi connectivity index (χ2n) is 7.65. The lowest BCUT2D eigenvalue weighted by Gasteiger charge is -2.27. The summed E-state index contributed by atoms with van der Waals surface area (Å²) in [5.74, 6) is -0.392. The Balaban J connectivity index is 1.94. The van der Waals surface area contributed by atoms with Gasteiger partial charge in [0, 0.05) is 5.02 Å². The van der Waals surface area contributed by atoms with Crippen molar-refractivity contribution >= 4 is 33.2 Å². The number of hydrogen-bond acceptors (Lipinski definition) is 3. The predicted molar refractivity (Wildman–Crippen MR) is 130 cm³/mol. The van der Waals surface area contributed by atoms with Crippen LogP contribution in [-0.4, -0.2) is 20.9 Å². The number of benzene rings is 3. The van der Waals surface area contributed by atoms with Gasteiger partial charge < -0.3 is 5.32 Å². The van der Waals surface area contributed by atoms with E-state index in [-0.39, 0.29) is 17.5 Å². The molecule has 0 radical (unpaired) electrons. The summed E-state index contributed by atoms with van der Waals surface area (Å²) in [4.78, 5) is 13.2. The van der Waals surface area contributed by atoms with E-state index in [4.69, 9.17) is 11.6 Å². The monoisotopic (exact) mass is 470 g/mol. The van der Waals surface area contributed by atoms with Crippen molar-refractivity contribution in [2.75, 3.05) is 10.8 Å². The molecule has 0 aliphatic carbocycles. The minimum atomic E-state index is -3.99. The first kappa shape index (κ1) is 23.8. The van der Waals surface area contributed by atoms with E-state index in [0.717, 1.165) is 15.4 Å². The number of carbonyl (C=O) groups is 1. The topological polar surface area (TPSA) is 66.5 Å². The molecule has 3 aromatic rings. The molecule has 3 aromatic carbocycles. The quantitative estimate of drug-likeness (QED) is 0.478. The number of nitrogens with zero attached hydrogens (tertiary/aromatic N) is 1. The van der Waals surface area contributed by atoms with Gasteiger partial charge in [0.15, 0.2) is 0 Å². The summed E-state index contributed by atoms with van der Waals surface area (Å²) in [7, 11) is -3.99. The van der Waals surface area contributed by atoms with E-state index in [1.54, 1.807) is 43.3 Å². The van der Waals surface area contributed by atoms with Crippen LogP contribution in [0, 0.1) is 13.8 Å². The molecule has 1 atom stereocenters. The summed E-state index contributed by atoms with van der Waals surface area (Å²) in [5.41, 5.74) is 3.07. The number of amides is 1. The third-order valence-electron chi connectivity index (χ3n) is 5.35. The van der Waals surface area contributed by atoms with Crippen LogP contribution in [-0.2, 0) is 14.8 Å². The van der Waals surface area contributed by atoms with Crippen LogP contribution >= 0.6 is 11.6 Å². The third kappa shape index (κ3) is 5.31. The average Bonchev–Trinajstić information content (AvgIpc) is 2.79. The highest BCUT2D eigenvalue weighted by Crippen LogP contribution is 2.31. The van der Waals surface area contributed by atoms with Crippen molar-refractivity contribution in [1.29, 1.82) is 0 Å². The number of aryl methyl sites for hydroxylation is 1. The SMILES string of the molecule is CC[C@@H](NC(=O)CN(c1cccc(Cl)c1C)S(=O)(=O)c1ccccc1)c1ccc(C)cc1. The van der Waals surface area contributed by atoms with Gasteiger partial charge in [0.2, 0.25) is 5.91 Å². The molecule has 3 rings (SSSR count). The molecule has 0 aliphatic rings. The Hall–Kier alpha value is -2.83. The Kier molecular flexibility index (Phi) is 7.59.